The van der Waals surface area contributed by atoms with Crippen molar-refractivity contribution in [1.82, 2.24) is 10.2 Å². The van der Waals surface area contributed by atoms with Crippen molar-refractivity contribution >= 4 is 0 Å². The van der Waals surface area contributed by atoms with Gasteiger partial charge in [-0.05, 0) is 31.3 Å². The summed E-state index contributed by atoms with van der Waals surface area (Å²) in [5.41, 5.74) is 0.451. The summed E-state index contributed by atoms with van der Waals surface area (Å²) in [4.78, 5) is 2.43. The van der Waals surface area contributed by atoms with Gasteiger partial charge in [0.1, 0.15) is 0 Å². The van der Waals surface area contributed by atoms with E-state index in [0.29, 0.717) is 5.41 Å². The molecule has 2 heteroatoms. The van der Waals surface area contributed by atoms with Crippen LogP contribution in [0.15, 0.2) is 0 Å². The summed E-state index contributed by atoms with van der Waals surface area (Å²) in [6, 6.07) is 0. The second kappa shape index (κ2) is 7.24. The van der Waals surface area contributed by atoms with E-state index in [-0.39, 0.29) is 0 Å². The van der Waals surface area contributed by atoms with E-state index in [1.54, 1.807) is 0 Å². The van der Waals surface area contributed by atoms with E-state index in [4.69, 9.17) is 0 Å². The molecule has 92 valence electrons. The van der Waals surface area contributed by atoms with Crippen LogP contribution in [0.3, 0.4) is 0 Å². The Hall–Kier alpha value is -0.0800. The fraction of sp³-hybridized carbons (Fsp3) is 1.00. The molecule has 0 amide bonds. The van der Waals surface area contributed by atoms with Crippen molar-refractivity contribution < 1.29 is 0 Å². The van der Waals surface area contributed by atoms with Crippen LogP contribution in [0.2, 0.25) is 0 Å². The van der Waals surface area contributed by atoms with E-state index in [9.17, 15) is 0 Å². The maximum atomic E-state index is 3.48. The van der Waals surface area contributed by atoms with Gasteiger partial charge in [-0.3, -0.25) is 0 Å². The van der Waals surface area contributed by atoms with Crippen LogP contribution in [0.1, 0.15) is 41.0 Å². The number of nitrogens with one attached hydrogen (secondary N) is 1. The van der Waals surface area contributed by atoms with Gasteiger partial charge in [-0.25, -0.2) is 0 Å². The Morgan fingerprint density at radius 3 is 2.33 bits per heavy atom. The van der Waals surface area contributed by atoms with E-state index in [1.165, 1.54) is 13.0 Å². The van der Waals surface area contributed by atoms with Gasteiger partial charge in [0.05, 0.1) is 0 Å². The first kappa shape index (κ1) is 14.9. The molecule has 0 aliphatic heterocycles. The minimum atomic E-state index is 0.451. The molecule has 0 aromatic rings. The molecule has 0 bridgehead atoms. The third-order valence-corrected chi connectivity index (χ3v) is 2.88. The highest BCUT2D eigenvalue weighted by Gasteiger charge is 2.16. The minimum Gasteiger partial charge on any atom is -0.315 e. The van der Waals surface area contributed by atoms with Crippen molar-refractivity contribution in [3.8, 4) is 0 Å². The Morgan fingerprint density at radius 1 is 1.27 bits per heavy atom. The van der Waals surface area contributed by atoms with E-state index in [2.05, 4.69) is 51.9 Å². The van der Waals surface area contributed by atoms with Gasteiger partial charge in [-0.15, -0.1) is 0 Å². The van der Waals surface area contributed by atoms with Crippen molar-refractivity contribution in [2.45, 2.75) is 41.0 Å². The SMILES string of the molecule is CCC(C)(C)CN(C)CCNCC(C)C. The van der Waals surface area contributed by atoms with Gasteiger partial charge >= 0.3 is 0 Å². The van der Waals surface area contributed by atoms with Crippen molar-refractivity contribution in [2.75, 3.05) is 33.2 Å². The summed E-state index contributed by atoms with van der Waals surface area (Å²) in [5.74, 6) is 0.752. The molecular weight excluding hydrogens is 184 g/mol. The zero-order valence-electron chi connectivity index (χ0n) is 11.6. The van der Waals surface area contributed by atoms with Gasteiger partial charge < -0.3 is 10.2 Å². The highest BCUT2D eigenvalue weighted by atomic mass is 15.1. The molecule has 2 nitrogen and oxygen atoms in total. The van der Waals surface area contributed by atoms with E-state index < -0.39 is 0 Å². The van der Waals surface area contributed by atoms with Crippen LogP contribution >= 0.6 is 0 Å². The third-order valence-electron chi connectivity index (χ3n) is 2.88. The summed E-state index contributed by atoms with van der Waals surface area (Å²) in [6.07, 6.45) is 1.25. The lowest BCUT2D eigenvalue weighted by Gasteiger charge is -2.29. The Balaban J connectivity index is 3.53. The lowest BCUT2D eigenvalue weighted by Crippen LogP contribution is -2.36. The minimum absolute atomic E-state index is 0.451. The first-order valence-electron chi connectivity index (χ1n) is 6.26. The molecule has 0 unspecified atom stereocenters. The summed E-state index contributed by atoms with van der Waals surface area (Å²) < 4.78 is 0. The molecule has 0 aromatic heterocycles. The lowest BCUT2D eigenvalue weighted by molar-refractivity contribution is 0.204. The predicted molar refractivity (Wildman–Crippen MR) is 69.3 cm³/mol. The van der Waals surface area contributed by atoms with E-state index >= 15 is 0 Å². The second-order valence-corrected chi connectivity index (χ2v) is 5.85. The summed E-state index contributed by atoms with van der Waals surface area (Å²) in [5, 5.41) is 3.48. The molecule has 0 rings (SSSR count). The van der Waals surface area contributed by atoms with Crippen LogP contribution in [-0.4, -0.2) is 38.1 Å². The van der Waals surface area contributed by atoms with Gasteiger partial charge in [-0.2, -0.15) is 0 Å². The number of hydrogen-bond donors (Lipinski definition) is 1. The van der Waals surface area contributed by atoms with Crippen LogP contribution in [-0.2, 0) is 0 Å². The lowest BCUT2D eigenvalue weighted by atomic mass is 9.90. The first-order chi connectivity index (χ1) is 6.87. The molecule has 0 spiro atoms. The molecule has 0 saturated heterocycles. The Kier molecular flexibility index (Phi) is 7.20. The van der Waals surface area contributed by atoms with Crippen LogP contribution < -0.4 is 5.32 Å². The zero-order chi connectivity index (χ0) is 11.9. The standard InChI is InChI=1S/C13H30N2/c1-7-13(4,5)11-15(6)9-8-14-10-12(2)3/h12,14H,7-11H2,1-6H3. The predicted octanol–water partition coefficient (Wildman–Crippen LogP) is 2.60. The van der Waals surface area contributed by atoms with Crippen LogP contribution in [0.25, 0.3) is 0 Å². The number of nitrogens with zero attached hydrogens (tertiary/aromatic N) is 1. The van der Waals surface area contributed by atoms with Crippen molar-refractivity contribution in [2.24, 2.45) is 11.3 Å². The number of likely N-dealkylation sites (N-methyl/N-ethyl adjacent to an activating group) is 1. The maximum absolute atomic E-state index is 3.48. The van der Waals surface area contributed by atoms with E-state index in [1.807, 2.05) is 0 Å². The van der Waals surface area contributed by atoms with Gasteiger partial charge in [0, 0.05) is 19.6 Å². The largest absolute Gasteiger partial charge is 0.315 e. The average Bonchev–Trinajstić information content (AvgIpc) is 2.11. The molecule has 0 atom stereocenters. The van der Waals surface area contributed by atoms with Gasteiger partial charge in [0.2, 0.25) is 0 Å². The monoisotopic (exact) mass is 214 g/mol. The van der Waals surface area contributed by atoms with Crippen LogP contribution in [0.5, 0.6) is 0 Å². The smallest absolute Gasteiger partial charge is 0.0104 e. The van der Waals surface area contributed by atoms with Gasteiger partial charge in [0.25, 0.3) is 0 Å². The molecule has 0 radical (unpaired) electrons. The summed E-state index contributed by atoms with van der Waals surface area (Å²) >= 11 is 0. The normalized spacial score (nSPS) is 12.8. The molecular formula is C13H30N2. The van der Waals surface area contributed by atoms with Gasteiger partial charge in [-0.1, -0.05) is 34.6 Å². The highest BCUT2D eigenvalue weighted by Crippen LogP contribution is 2.19. The van der Waals surface area contributed by atoms with Crippen molar-refractivity contribution in [3.05, 3.63) is 0 Å². The average molecular weight is 214 g/mol. The second-order valence-electron chi connectivity index (χ2n) is 5.85. The summed E-state index contributed by atoms with van der Waals surface area (Å²) in [6.45, 7) is 16.0. The fourth-order valence-corrected chi connectivity index (χ4v) is 1.58. The topological polar surface area (TPSA) is 15.3 Å². The molecule has 15 heavy (non-hydrogen) atoms. The molecule has 0 saturated carbocycles. The van der Waals surface area contributed by atoms with Gasteiger partial charge in [0.15, 0.2) is 0 Å². The molecule has 1 N–H and O–H groups in total. The van der Waals surface area contributed by atoms with Crippen LogP contribution in [0, 0.1) is 11.3 Å². The van der Waals surface area contributed by atoms with Crippen molar-refractivity contribution in [3.63, 3.8) is 0 Å². The van der Waals surface area contributed by atoms with Crippen molar-refractivity contribution in [1.29, 1.82) is 0 Å². The maximum Gasteiger partial charge on any atom is 0.0104 e. The zero-order valence-corrected chi connectivity index (χ0v) is 11.6. The Morgan fingerprint density at radius 2 is 1.87 bits per heavy atom. The molecule has 0 aliphatic carbocycles. The number of hydrogen-bond acceptors (Lipinski definition) is 2. The first-order valence-corrected chi connectivity index (χ1v) is 6.26. The van der Waals surface area contributed by atoms with Crippen LogP contribution in [0.4, 0.5) is 0 Å². The Bertz CT molecular complexity index is 153. The highest BCUT2D eigenvalue weighted by molar-refractivity contribution is 4.70. The third kappa shape index (κ3) is 8.88. The molecule has 0 heterocycles. The molecule has 0 aliphatic rings. The Labute approximate surface area is 96.4 Å². The fourth-order valence-electron chi connectivity index (χ4n) is 1.58. The quantitative estimate of drug-likeness (QED) is 0.625. The van der Waals surface area contributed by atoms with E-state index in [0.717, 1.165) is 25.6 Å². The molecule has 0 aromatic carbocycles. The summed E-state index contributed by atoms with van der Waals surface area (Å²) in [7, 11) is 2.22. The number of rotatable bonds is 8. The molecule has 0 fully saturated rings.